The highest BCUT2D eigenvalue weighted by Crippen LogP contribution is 2.20. The predicted octanol–water partition coefficient (Wildman–Crippen LogP) is 1.15. The summed E-state index contributed by atoms with van der Waals surface area (Å²) in [5.74, 6) is 0.443. The van der Waals surface area contributed by atoms with Crippen LogP contribution in [0.15, 0.2) is 41.8 Å². The SMILES string of the molecule is Cn1ncc(Nc2cnn(-c3ncccn3)c2)c(Cl)c1=O. The molecule has 0 aliphatic heterocycles. The minimum absolute atomic E-state index is 0.0659. The first kappa shape index (κ1) is 13.3. The summed E-state index contributed by atoms with van der Waals surface area (Å²) in [5, 5.41) is 11.1. The van der Waals surface area contributed by atoms with E-state index in [1.807, 2.05) is 0 Å². The van der Waals surface area contributed by atoms with Crippen LogP contribution in [-0.2, 0) is 7.05 Å². The number of nitrogens with zero attached hydrogens (tertiary/aromatic N) is 6. The van der Waals surface area contributed by atoms with E-state index in [0.29, 0.717) is 17.3 Å². The van der Waals surface area contributed by atoms with Crippen molar-refractivity contribution in [2.24, 2.45) is 7.05 Å². The van der Waals surface area contributed by atoms with Crippen LogP contribution in [0.5, 0.6) is 0 Å². The van der Waals surface area contributed by atoms with Gasteiger partial charge in [0.1, 0.15) is 5.02 Å². The van der Waals surface area contributed by atoms with Gasteiger partial charge in [0.2, 0.25) is 5.95 Å². The Morgan fingerprint density at radius 3 is 2.71 bits per heavy atom. The topological polar surface area (TPSA) is 90.5 Å². The van der Waals surface area contributed by atoms with Crippen molar-refractivity contribution in [1.29, 1.82) is 0 Å². The fourth-order valence-electron chi connectivity index (χ4n) is 1.66. The number of aryl methyl sites for hydroxylation is 1. The molecule has 8 nitrogen and oxygen atoms in total. The van der Waals surface area contributed by atoms with Crippen molar-refractivity contribution in [3.8, 4) is 5.95 Å². The van der Waals surface area contributed by atoms with Crippen LogP contribution in [0.25, 0.3) is 5.95 Å². The second-order valence-corrected chi connectivity index (χ2v) is 4.53. The second kappa shape index (κ2) is 5.33. The minimum Gasteiger partial charge on any atom is -0.350 e. The van der Waals surface area contributed by atoms with Crippen LogP contribution < -0.4 is 10.9 Å². The number of hydrogen-bond donors (Lipinski definition) is 1. The molecule has 0 spiro atoms. The maximum Gasteiger partial charge on any atom is 0.287 e. The Morgan fingerprint density at radius 1 is 1.19 bits per heavy atom. The lowest BCUT2D eigenvalue weighted by Gasteiger charge is -2.05. The molecule has 21 heavy (non-hydrogen) atoms. The van der Waals surface area contributed by atoms with Crippen LogP contribution in [0.4, 0.5) is 11.4 Å². The van der Waals surface area contributed by atoms with Crippen molar-refractivity contribution in [3.05, 3.63) is 52.4 Å². The van der Waals surface area contributed by atoms with Gasteiger partial charge in [-0.25, -0.2) is 19.3 Å². The van der Waals surface area contributed by atoms with E-state index in [2.05, 4.69) is 25.5 Å². The molecule has 0 aromatic carbocycles. The summed E-state index contributed by atoms with van der Waals surface area (Å²) in [5.41, 5.74) is 0.674. The Morgan fingerprint density at radius 2 is 1.95 bits per heavy atom. The van der Waals surface area contributed by atoms with Crippen molar-refractivity contribution in [3.63, 3.8) is 0 Å². The van der Waals surface area contributed by atoms with Gasteiger partial charge in [0.25, 0.3) is 5.56 Å². The monoisotopic (exact) mass is 303 g/mol. The average molecular weight is 304 g/mol. The van der Waals surface area contributed by atoms with Gasteiger partial charge in [0.05, 0.1) is 30.0 Å². The van der Waals surface area contributed by atoms with Gasteiger partial charge in [-0.15, -0.1) is 0 Å². The van der Waals surface area contributed by atoms with E-state index >= 15 is 0 Å². The van der Waals surface area contributed by atoms with E-state index in [4.69, 9.17) is 11.6 Å². The molecule has 1 N–H and O–H groups in total. The Kier molecular flexibility index (Phi) is 3.36. The maximum atomic E-state index is 11.7. The molecule has 3 rings (SSSR count). The highest BCUT2D eigenvalue weighted by atomic mass is 35.5. The van der Waals surface area contributed by atoms with E-state index in [1.54, 1.807) is 30.9 Å². The Bertz CT molecular complexity index is 827. The van der Waals surface area contributed by atoms with Gasteiger partial charge >= 0.3 is 0 Å². The van der Waals surface area contributed by atoms with E-state index in [1.165, 1.54) is 17.9 Å². The van der Waals surface area contributed by atoms with Crippen LogP contribution in [0.1, 0.15) is 0 Å². The Balaban J connectivity index is 1.89. The van der Waals surface area contributed by atoms with E-state index in [0.717, 1.165) is 4.68 Å². The molecule has 0 unspecified atom stereocenters. The molecule has 0 saturated carbocycles. The lowest BCUT2D eigenvalue weighted by molar-refractivity contribution is 0.709. The summed E-state index contributed by atoms with van der Waals surface area (Å²) in [6.07, 6.45) is 7.98. The molecule has 9 heteroatoms. The Labute approximate surface area is 124 Å². The van der Waals surface area contributed by atoms with Crippen LogP contribution in [0, 0.1) is 0 Å². The molecule has 106 valence electrons. The molecule has 0 atom stereocenters. The smallest absolute Gasteiger partial charge is 0.287 e. The zero-order chi connectivity index (χ0) is 14.8. The summed E-state index contributed by atoms with van der Waals surface area (Å²) in [6.45, 7) is 0. The minimum atomic E-state index is -0.375. The maximum absolute atomic E-state index is 11.7. The van der Waals surface area contributed by atoms with Gasteiger partial charge < -0.3 is 5.32 Å². The van der Waals surface area contributed by atoms with E-state index < -0.39 is 0 Å². The highest BCUT2D eigenvalue weighted by Gasteiger charge is 2.09. The summed E-state index contributed by atoms with van der Waals surface area (Å²) < 4.78 is 2.67. The highest BCUT2D eigenvalue weighted by molar-refractivity contribution is 6.33. The third-order valence-corrected chi connectivity index (χ3v) is 3.06. The fourth-order valence-corrected chi connectivity index (χ4v) is 1.88. The molecular formula is C12H10ClN7O. The standard InChI is InChI=1S/C12H10ClN7O/c1-19-11(21)10(13)9(6-16-19)18-8-5-17-20(7-8)12-14-3-2-4-15-12/h2-7,18H,1H3. The second-order valence-electron chi connectivity index (χ2n) is 4.15. The first-order valence-electron chi connectivity index (χ1n) is 5.96. The molecule has 0 aliphatic rings. The number of hydrogen-bond acceptors (Lipinski definition) is 6. The molecule has 0 fully saturated rings. The molecule has 3 heterocycles. The third kappa shape index (κ3) is 2.61. The van der Waals surface area contributed by atoms with Crippen molar-refractivity contribution in [1.82, 2.24) is 29.5 Å². The number of nitrogens with one attached hydrogen (secondary N) is 1. The van der Waals surface area contributed by atoms with Gasteiger partial charge in [-0.05, 0) is 6.07 Å². The van der Waals surface area contributed by atoms with Crippen LogP contribution >= 0.6 is 11.6 Å². The molecule has 0 amide bonds. The summed E-state index contributed by atoms with van der Waals surface area (Å²) in [4.78, 5) is 19.9. The van der Waals surface area contributed by atoms with Crippen molar-refractivity contribution in [2.45, 2.75) is 0 Å². The zero-order valence-electron chi connectivity index (χ0n) is 10.9. The molecule has 0 radical (unpaired) electrons. The number of rotatable bonds is 3. The Hall–Kier alpha value is -2.74. The molecule has 0 saturated heterocycles. The van der Waals surface area contributed by atoms with E-state index in [-0.39, 0.29) is 10.6 Å². The van der Waals surface area contributed by atoms with Crippen molar-refractivity contribution >= 4 is 23.0 Å². The van der Waals surface area contributed by atoms with Gasteiger partial charge in [-0.2, -0.15) is 10.2 Å². The summed E-state index contributed by atoms with van der Waals surface area (Å²) in [7, 11) is 1.53. The average Bonchev–Trinajstić information content (AvgIpc) is 2.97. The van der Waals surface area contributed by atoms with Crippen molar-refractivity contribution < 1.29 is 0 Å². The molecule has 3 aromatic heterocycles. The van der Waals surface area contributed by atoms with Gasteiger partial charge in [-0.3, -0.25) is 4.79 Å². The summed E-state index contributed by atoms with van der Waals surface area (Å²) >= 11 is 5.98. The largest absolute Gasteiger partial charge is 0.350 e. The quantitative estimate of drug-likeness (QED) is 0.780. The molecule has 0 bridgehead atoms. The zero-order valence-corrected chi connectivity index (χ0v) is 11.7. The molecule has 0 aliphatic carbocycles. The molecular weight excluding hydrogens is 294 g/mol. The van der Waals surface area contributed by atoms with Gasteiger partial charge in [-0.1, -0.05) is 11.6 Å². The number of anilines is 2. The van der Waals surface area contributed by atoms with Crippen molar-refractivity contribution in [2.75, 3.05) is 5.32 Å². The third-order valence-electron chi connectivity index (χ3n) is 2.70. The predicted molar refractivity (Wildman–Crippen MR) is 76.9 cm³/mol. The summed E-state index contributed by atoms with van der Waals surface area (Å²) in [6, 6.07) is 1.72. The fraction of sp³-hybridized carbons (Fsp3) is 0.0833. The van der Waals surface area contributed by atoms with Crippen LogP contribution in [0.3, 0.4) is 0 Å². The van der Waals surface area contributed by atoms with Gasteiger partial charge in [0, 0.05) is 19.4 Å². The number of aromatic nitrogens is 6. The van der Waals surface area contributed by atoms with Crippen LogP contribution in [0.2, 0.25) is 5.02 Å². The first-order valence-corrected chi connectivity index (χ1v) is 6.34. The number of halogens is 1. The van der Waals surface area contributed by atoms with Crippen LogP contribution in [-0.4, -0.2) is 29.5 Å². The lowest BCUT2D eigenvalue weighted by atomic mass is 10.4. The van der Waals surface area contributed by atoms with E-state index in [9.17, 15) is 4.79 Å². The first-order chi connectivity index (χ1) is 10.1. The molecule has 3 aromatic rings. The normalized spacial score (nSPS) is 10.6. The lowest BCUT2D eigenvalue weighted by Crippen LogP contribution is -2.20. The van der Waals surface area contributed by atoms with Gasteiger partial charge in [0.15, 0.2) is 0 Å².